The zero-order chi connectivity index (χ0) is 55.0. The minimum Gasteiger partial charge on any atom is -0.394 e. The van der Waals surface area contributed by atoms with E-state index in [4.69, 9.17) is 9.47 Å². The molecule has 76 heavy (non-hydrogen) atoms. The second kappa shape index (κ2) is 55.7. The fourth-order valence-corrected chi connectivity index (χ4v) is 9.73. The summed E-state index contributed by atoms with van der Waals surface area (Å²) in [6.45, 7) is 3.67. The van der Waals surface area contributed by atoms with Gasteiger partial charge >= 0.3 is 0 Å². The normalized spacial score (nSPS) is 19.4. The average molecular weight is 1070 g/mol. The van der Waals surface area contributed by atoms with Gasteiger partial charge in [0.15, 0.2) is 6.29 Å². The Morgan fingerprint density at radius 1 is 0.461 bits per heavy atom. The predicted octanol–water partition coefficient (Wildman–Crippen LogP) is 16.6. The monoisotopic (exact) mass is 1070 g/mol. The van der Waals surface area contributed by atoms with Crippen LogP contribution >= 0.6 is 0 Å². The van der Waals surface area contributed by atoms with E-state index in [0.717, 1.165) is 70.6 Å². The van der Waals surface area contributed by atoms with Gasteiger partial charge in [-0.1, -0.05) is 279 Å². The molecule has 6 N–H and O–H groups in total. The molecule has 7 unspecified atom stereocenters. The first-order valence-electron chi connectivity index (χ1n) is 31.8. The fourth-order valence-electron chi connectivity index (χ4n) is 9.73. The van der Waals surface area contributed by atoms with Gasteiger partial charge in [0.05, 0.1) is 25.4 Å². The van der Waals surface area contributed by atoms with Gasteiger partial charge in [-0.2, -0.15) is 0 Å². The van der Waals surface area contributed by atoms with Crippen molar-refractivity contribution in [2.45, 2.75) is 320 Å². The van der Waals surface area contributed by atoms with Gasteiger partial charge in [-0.05, 0) is 77.0 Å². The second-order valence-corrected chi connectivity index (χ2v) is 21.8. The van der Waals surface area contributed by atoms with Gasteiger partial charge in [0, 0.05) is 6.42 Å². The highest BCUT2D eigenvalue weighted by Crippen LogP contribution is 2.23. The number of hydrogen-bond acceptors (Lipinski definition) is 8. The first-order valence-corrected chi connectivity index (χ1v) is 31.8. The van der Waals surface area contributed by atoms with E-state index in [2.05, 4.69) is 92.1 Å². The van der Waals surface area contributed by atoms with Gasteiger partial charge in [-0.3, -0.25) is 4.79 Å². The Balaban J connectivity index is 2.13. The summed E-state index contributed by atoms with van der Waals surface area (Å²) in [5.41, 5.74) is 0. The van der Waals surface area contributed by atoms with Crippen molar-refractivity contribution < 1.29 is 39.8 Å². The third kappa shape index (κ3) is 44.2. The highest BCUT2D eigenvalue weighted by molar-refractivity contribution is 5.76. The lowest BCUT2D eigenvalue weighted by atomic mass is 9.99. The SMILES string of the molecule is CC/C=C\C/C=C\C/C=C\C/C=C\C/C=C\CCCCCCCCCCCCCCCCCCCCCC(=O)NC(COC1OC(CO)C(O)C(O)C1O)C(O)/C=C/CC/C=C/CCCCCCCCCCCCCC. The quantitative estimate of drug-likeness (QED) is 0.0261. The number of aliphatic hydroxyl groups is 5. The Kier molecular flexibility index (Phi) is 52.3. The molecule has 1 saturated heterocycles. The van der Waals surface area contributed by atoms with Crippen LogP contribution in [0.1, 0.15) is 277 Å². The topological polar surface area (TPSA) is 149 Å². The Bertz CT molecular complexity index is 1470. The maximum atomic E-state index is 13.1. The first kappa shape index (κ1) is 71.4. The molecule has 9 nitrogen and oxygen atoms in total. The Hall–Kier alpha value is -2.63. The third-order valence-corrected chi connectivity index (χ3v) is 14.7. The molecular formula is C67H119NO8. The van der Waals surface area contributed by atoms with E-state index >= 15 is 0 Å². The van der Waals surface area contributed by atoms with Gasteiger partial charge in [-0.25, -0.2) is 0 Å². The van der Waals surface area contributed by atoms with Gasteiger partial charge in [-0.15, -0.1) is 0 Å². The molecule has 0 bridgehead atoms. The van der Waals surface area contributed by atoms with Crippen LogP contribution in [0.3, 0.4) is 0 Å². The molecule has 1 amide bonds. The summed E-state index contributed by atoms with van der Waals surface area (Å²) < 4.78 is 11.3. The van der Waals surface area contributed by atoms with Crippen LogP contribution in [0.25, 0.3) is 0 Å². The summed E-state index contributed by atoms with van der Waals surface area (Å²) in [7, 11) is 0. The summed E-state index contributed by atoms with van der Waals surface area (Å²) in [6.07, 6.45) is 72.4. The molecule has 1 aliphatic heterocycles. The minimum atomic E-state index is -1.57. The van der Waals surface area contributed by atoms with Gasteiger partial charge in [0.2, 0.25) is 5.91 Å². The van der Waals surface area contributed by atoms with Crippen LogP contribution in [-0.2, 0) is 14.3 Å². The lowest BCUT2D eigenvalue weighted by molar-refractivity contribution is -0.302. The van der Waals surface area contributed by atoms with Crippen LogP contribution in [-0.4, -0.2) is 87.5 Å². The van der Waals surface area contributed by atoms with Crippen molar-refractivity contribution in [2.24, 2.45) is 0 Å². The average Bonchev–Trinajstić information content (AvgIpc) is 3.42. The summed E-state index contributed by atoms with van der Waals surface area (Å²) in [4.78, 5) is 13.1. The lowest BCUT2D eigenvalue weighted by Gasteiger charge is -2.40. The highest BCUT2D eigenvalue weighted by Gasteiger charge is 2.44. The molecule has 0 aromatic carbocycles. The molecule has 1 heterocycles. The van der Waals surface area contributed by atoms with Gasteiger partial charge < -0.3 is 40.3 Å². The molecule has 1 rings (SSSR count). The Morgan fingerprint density at radius 3 is 1.26 bits per heavy atom. The van der Waals surface area contributed by atoms with Crippen molar-refractivity contribution in [2.75, 3.05) is 13.2 Å². The highest BCUT2D eigenvalue weighted by atomic mass is 16.7. The van der Waals surface area contributed by atoms with Crippen LogP contribution in [0.15, 0.2) is 85.1 Å². The molecule has 7 atom stereocenters. The van der Waals surface area contributed by atoms with E-state index in [1.54, 1.807) is 6.08 Å². The van der Waals surface area contributed by atoms with Crippen molar-refractivity contribution in [3.8, 4) is 0 Å². The van der Waals surface area contributed by atoms with Gasteiger partial charge in [0.25, 0.3) is 0 Å². The van der Waals surface area contributed by atoms with E-state index in [1.165, 1.54) is 186 Å². The third-order valence-electron chi connectivity index (χ3n) is 14.7. The van der Waals surface area contributed by atoms with Crippen LogP contribution < -0.4 is 5.32 Å². The molecular weight excluding hydrogens is 947 g/mol. The number of hydrogen-bond donors (Lipinski definition) is 6. The van der Waals surface area contributed by atoms with Crippen molar-refractivity contribution in [1.82, 2.24) is 5.32 Å². The number of carbonyl (C=O) groups excluding carboxylic acids is 1. The number of ether oxygens (including phenoxy) is 2. The summed E-state index contributed by atoms with van der Waals surface area (Å²) in [6, 6.07) is -0.824. The smallest absolute Gasteiger partial charge is 0.220 e. The van der Waals surface area contributed by atoms with Crippen molar-refractivity contribution in [3.63, 3.8) is 0 Å². The zero-order valence-electron chi connectivity index (χ0n) is 49.0. The summed E-state index contributed by atoms with van der Waals surface area (Å²) >= 11 is 0. The van der Waals surface area contributed by atoms with Gasteiger partial charge in [0.1, 0.15) is 24.4 Å². The van der Waals surface area contributed by atoms with Crippen molar-refractivity contribution in [1.29, 1.82) is 0 Å². The number of nitrogens with one attached hydrogen (secondary N) is 1. The van der Waals surface area contributed by atoms with Crippen molar-refractivity contribution >= 4 is 5.91 Å². The molecule has 0 spiro atoms. The maximum absolute atomic E-state index is 13.1. The Labute approximate surface area is 467 Å². The number of rotatable bonds is 54. The number of amides is 1. The molecule has 0 aliphatic carbocycles. The fraction of sp³-hybridized carbons (Fsp3) is 0.776. The molecule has 1 aliphatic rings. The van der Waals surface area contributed by atoms with E-state index in [9.17, 15) is 30.3 Å². The molecule has 0 radical (unpaired) electrons. The summed E-state index contributed by atoms with van der Waals surface area (Å²) in [5, 5.41) is 54.6. The zero-order valence-corrected chi connectivity index (χ0v) is 49.0. The van der Waals surface area contributed by atoms with E-state index in [0.29, 0.717) is 6.42 Å². The molecule has 440 valence electrons. The van der Waals surface area contributed by atoms with E-state index in [-0.39, 0.29) is 12.5 Å². The minimum absolute atomic E-state index is 0.185. The van der Waals surface area contributed by atoms with Crippen LogP contribution in [0, 0.1) is 0 Å². The van der Waals surface area contributed by atoms with E-state index in [1.807, 2.05) is 6.08 Å². The Morgan fingerprint density at radius 2 is 0.829 bits per heavy atom. The van der Waals surface area contributed by atoms with Crippen molar-refractivity contribution in [3.05, 3.63) is 85.1 Å². The second-order valence-electron chi connectivity index (χ2n) is 21.8. The van der Waals surface area contributed by atoms with E-state index < -0.39 is 49.5 Å². The van der Waals surface area contributed by atoms with Crippen LogP contribution in [0.5, 0.6) is 0 Å². The number of unbranched alkanes of at least 4 members (excludes halogenated alkanes) is 32. The van der Waals surface area contributed by atoms with Crippen LogP contribution in [0.2, 0.25) is 0 Å². The molecule has 1 fully saturated rings. The first-order chi connectivity index (χ1) is 37.3. The predicted molar refractivity (Wildman–Crippen MR) is 322 cm³/mol. The largest absolute Gasteiger partial charge is 0.394 e. The molecule has 0 aromatic rings. The molecule has 0 saturated carbocycles. The molecule has 0 aromatic heterocycles. The standard InChI is InChI=1S/C67H119NO8/c1-3-5-7-9-11-13-15-17-19-21-23-24-25-26-27-28-29-30-31-32-33-34-35-36-37-38-39-41-43-45-47-49-51-53-55-57-63(71)68-60(59-75-67-66(74)65(73)64(72)62(58-69)76-67)61(70)56-54-52-50-48-46-44-42-40-22-20-18-16-14-12-10-8-6-4-2/h5,7,11,13,17,19,23-24,26-27,46,48,54,56,60-62,64-67,69-70,72-74H,3-4,6,8-10,12,14-16,18,20-22,25,28-45,47,49-53,55,57-59H2,1-2H3,(H,68,71)/b7-5-,13-11-,19-17-,24-23-,27-26-,48-46+,56-54+. The maximum Gasteiger partial charge on any atom is 0.220 e. The lowest BCUT2D eigenvalue weighted by Crippen LogP contribution is -2.60. The number of carbonyl (C=O) groups is 1. The number of aliphatic hydroxyl groups excluding tert-OH is 5. The summed E-state index contributed by atoms with van der Waals surface area (Å²) in [5.74, 6) is -0.185. The molecule has 9 heteroatoms. The number of allylic oxidation sites excluding steroid dienone is 13. The van der Waals surface area contributed by atoms with Crippen LogP contribution in [0.4, 0.5) is 0 Å².